The molecule has 0 amide bonds. The van der Waals surface area contributed by atoms with Crippen LogP contribution in [-0.4, -0.2) is 5.97 Å². The monoisotopic (exact) mass is 402 g/mol. The van der Waals surface area contributed by atoms with Crippen molar-refractivity contribution in [2.75, 3.05) is 0 Å². The molecule has 0 atom stereocenters. The Bertz CT molecular complexity index is 618. The standard InChI is InChI=1S/C14H9Br2ClO2/c1-8-5-10(15)7-12(16)13(8)19-14(18)9-3-2-4-11(17)6-9/h2-7H,1H3. The number of ether oxygens (including phenoxy) is 1. The highest BCUT2D eigenvalue weighted by Crippen LogP contribution is 2.33. The van der Waals surface area contributed by atoms with E-state index in [0.717, 1.165) is 14.5 Å². The normalized spacial score (nSPS) is 10.3. The fraction of sp³-hybridized carbons (Fsp3) is 0.0714. The van der Waals surface area contributed by atoms with Crippen molar-refractivity contribution in [1.29, 1.82) is 0 Å². The predicted molar refractivity (Wildman–Crippen MR) is 83.0 cm³/mol. The van der Waals surface area contributed by atoms with Crippen LogP contribution in [0.15, 0.2) is 45.3 Å². The lowest BCUT2D eigenvalue weighted by Crippen LogP contribution is -2.09. The lowest BCUT2D eigenvalue weighted by Gasteiger charge is -2.10. The summed E-state index contributed by atoms with van der Waals surface area (Å²) < 4.78 is 7.04. The Morgan fingerprint density at radius 1 is 1.21 bits per heavy atom. The number of hydrogen-bond acceptors (Lipinski definition) is 2. The summed E-state index contributed by atoms with van der Waals surface area (Å²) in [5.74, 6) is 0.0711. The molecule has 5 heteroatoms. The summed E-state index contributed by atoms with van der Waals surface area (Å²) in [6.07, 6.45) is 0. The highest BCUT2D eigenvalue weighted by atomic mass is 79.9. The quantitative estimate of drug-likeness (QED) is 0.495. The van der Waals surface area contributed by atoms with Crippen molar-refractivity contribution in [2.24, 2.45) is 0 Å². The molecule has 0 radical (unpaired) electrons. The molecule has 19 heavy (non-hydrogen) atoms. The maximum Gasteiger partial charge on any atom is 0.343 e. The molecule has 0 aromatic heterocycles. The molecule has 0 bridgehead atoms. The van der Waals surface area contributed by atoms with Gasteiger partial charge in [0.1, 0.15) is 5.75 Å². The molecule has 0 aliphatic rings. The van der Waals surface area contributed by atoms with Crippen LogP contribution in [0.5, 0.6) is 5.75 Å². The Labute approximate surface area is 133 Å². The molecule has 0 saturated carbocycles. The minimum absolute atomic E-state index is 0.418. The minimum atomic E-state index is -0.436. The van der Waals surface area contributed by atoms with E-state index >= 15 is 0 Å². The zero-order valence-electron chi connectivity index (χ0n) is 9.91. The number of carbonyl (C=O) groups is 1. The molecule has 0 fully saturated rings. The third kappa shape index (κ3) is 3.59. The van der Waals surface area contributed by atoms with Crippen molar-refractivity contribution in [1.82, 2.24) is 0 Å². The van der Waals surface area contributed by atoms with Crippen LogP contribution in [0.2, 0.25) is 5.02 Å². The number of esters is 1. The largest absolute Gasteiger partial charge is 0.421 e. The highest BCUT2D eigenvalue weighted by Gasteiger charge is 2.14. The van der Waals surface area contributed by atoms with Crippen molar-refractivity contribution in [2.45, 2.75) is 6.92 Å². The van der Waals surface area contributed by atoms with Gasteiger partial charge < -0.3 is 4.74 Å². The van der Waals surface area contributed by atoms with Gasteiger partial charge in [0.05, 0.1) is 10.0 Å². The van der Waals surface area contributed by atoms with Gasteiger partial charge in [0.2, 0.25) is 0 Å². The average molecular weight is 404 g/mol. The number of halogens is 3. The number of hydrogen-bond donors (Lipinski definition) is 0. The Balaban J connectivity index is 2.29. The number of benzene rings is 2. The van der Waals surface area contributed by atoms with Crippen LogP contribution in [0.3, 0.4) is 0 Å². The van der Waals surface area contributed by atoms with E-state index in [9.17, 15) is 4.79 Å². The van der Waals surface area contributed by atoms with Crippen molar-refractivity contribution < 1.29 is 9.53 Å². The van der Waals surface area contributed by atoms with E-state index in [1.54, 1.807) is 24.3 Å². The van der Waals surface area contributed by atoms with E-state index in [2.05, 4.69) is 31.9 Å². The minimum Gasteiger partial charge on any atom is -0.421 e. The number of aryl methyl sites for hydroxylation is 1. The number of carbonyl (C=O) groups excluding carboxylic acids is 1. The lowest BCUT2D eigenvalue weighted by molar-refractivity contribution is 0.0732. The van der Waals surface area contributed by atoms with Crippen molar-refractivity contribution >= 4 is 49.4 Å². The van der Waals surface area contributed by atoms with E-state index in [4.69, 9.17) is 16.3 Å². The van der Waals surface area contributed by atoms with E-state index in [1.165, 1.54) is 0 Å². The molecule has 2 rings (SSSR count). The Morgan fingerprint density at radius 3 is 2.58 bits per heavy atom. The smallest absolute Gasteiger partial charge is 0.343 e. The Morgan fingerprint density at radius 2 is 1.95 bits per heavy atom. The molecule has 98 valence electrons. The van der Waals surface area contributed by atoms with Crippen LogP contribution in [0, 0.1) is 6.92 Å². The van der Waals surface area contributed by atoms with Gasteiger partial charge in [0.25, 0.3) is 0 Å². The van der Waals surface area contributed by atoms with Crippen LogP contribution in [-0.2, 0) is 0 Å². The first-order valence-electron chi connectivity index (χ1n) is 5.41. The molecule has 2 aromatic rings. The first-order valence-corrected chi connectivity index (χ1v) is 7.37. The Kier molecular flexibility index (Phi) is 4.66. The van der Waals surface area contributed by atoms with Gasteiger partial charge in [-0.15, -0.1) is 0 Å². The fourth-order valence-electron chi connectivity index (χ4n) is 1.59. The molecule has 0 heterocycles. The van der Waals surface area contributed by atoms with Crippen LogP contribution in [0.4, 0.5) is 0 Å². The maximum atomic E-state index is 12.0. The van der Waals surface area contributed by atoms with Gasteiger partial charge in [0.15, 0.2) is 0 Å². The van der Waals surface area contributed by atoms with E-state index in [-0.39, 0.29) is 0 Å². The van der Waals surface area contributed by atoms with Crippen LogP contribution in [0.25, 0.3) is 0 Å². The molecule has 2 aromatic carbocycles. The summed E-state index contributed by atoms with van der Waals surface area (Å²) in [5.41, 5.74) is 1.28. The summed E-state index contributed by atoms with van der Waals surface area (Å²) in [4.78, 5) is 12.0. The van der Waals surface area contributed by atoms with Gasteiger partial charge in [-0.1, -0.05) is 33.6 Å². The van der Waals surface area contributed by atoms with Gasteiger partial charge in [0, 0.05) is 9.50 Å². The lowest BCUT2D eigenvalue weighted by atomic mass is 10.2. The van der Waals surface area contributed by atoms with Crippen LogP contribution < -0.4 is 4.74 Å². The van der Waals surface area contributed by atoms with E-state index in [1.807, 2.05) is 19.1 Å². The molecule has 0 aliphatic carbocycles. The second-order valence-corrected chi connectivity index (χ2v) is 6.14. The highest BCUT2D eigenvalue weighted by molar-refractivity contribution is 9.11. The fourth-order valence-corrected chi connectivity index (χ4v) is 3.30. The predicted octanol–water partition coefficient (Wildman–Crippen LogP) is 5.39. The molecule has 0 saturated heterocycles. The maximum absolute atomic E-state index is 12.0. The first kappa shape index (κ1) is 14.6. The molecule has 0 aliphatic heterocycles. The Hall–Kier alpha value is -0.840. The summed E-state index contributed by atoms with van der Waals surface area (Å²) in [7, 11) is 0. The van der Waals surface area contributed by atoms with Crippen molar-refractivity contribution in [3.63, 3.8) is 0 Å². The summed E-state index contributed by atoms with van der Waals surface area (Å²) in [5, 5.41) is 0.501. The molecule has 0 unspecified atom stereocenters. The summed E-state index contributed by atoms with van der Waals surface area (Å²) >= 11 is 12.6. The van der Waals surface area contributed by atoms with Crippen LogP contribution >= 0.6 is 43.5 Å². The summed E-state index contributed by atoms with van der Waals surface area (Å²) in [6.45, 7) is 1.87. The van der Waals surface area contributed by atoms with Gasteiger partial charge in [-0.2, -0.15) is 0 Å². The van der Waals surface area contributed by atoms with Gasteiger partial charge in [-0.3, -0.25) is 0 Å². The van der Waals surface area contributed by atoms with E-state index in [0.29, 0.717) is 16.3 Å². The van der Waals surface area contributed by atoms with Crippen LogP contribution in [0.1, 0.15) is 15.9 Å². The zero-order valence-corrected chi connectivity index (χ0v) is 13.8. The molecular weight excluding hydrogens is 395 g/mol. The third-order valence-electron chi connectivity index (χ3n) is 2.45. The van der Waals surface area contributed by atoms with Crippen molar-refractivity contribution in [3.8, 4) is 5.75 Å². The second kappa shape index (κ2) is 6.07. The van der Waals surface area contributed by atoms with Gasteiger partial charge in [-0.05, 0) is 58.7 Å². The van der Waals surface area contributed by atoms with Crippen molar-refractivity contribution in [3.05, 3.63) is 61.5 Å². The third-order valence-corrected chi connectivity index (χ3v) is 3.73. The topological polar surface area (TPSA) is 26.3 Å². The second-order valence-electron chi connectivity index (χ2n) is 3.93. The summed E-state index contributed by atoms with van der Waals surface area (Å²) in [6, 6.07) is 10.4. The van der Waals surface area contributed by atoms with Gasteiger partial charge >= 0.3 is 5.97 Å². The molecular formula is C14H9Br2ClO2. The first-order chi connectivity index (χ1) is 8.97. The molecule has 0 spiro atoms. The number of rotatable bonds is 2. The SMILES string of the molecule is Cc1cc(Br)cc(Br)c1OC(=O)c1cccc(Cl)c1. The van der Waals surface area contributed by atoms with Gasteiger partial charge in [-0.25, -0.2) is 4.79 Å². The zero-order chi connectivity index (χ0) is 14.0. The molecule has 2 nitrogen and oxygen atoms in total. The average Bonchev–Trinajstić information content (AvgIpc) is 2.33. The van der Waals surface area contributed by atoms with E-state index < -0.39 is 5.97 Å². The molecule has 0 N–H and O–H groups in total.